The summed E-state index contributed by atoms with van der Waals surface area (Å²) in [5.74, 6) is 1.36. The Labute approximate surface area is 214 Å². The molecular formula is C25H29N3O6S2. The Kier molecular flexibility index (Phi) is 7.89. The van der Waals surface area contributed by atoms with Gasteiger partial charge in [-0.05, 0) is 44.5 Å². The number of ether oxygens (including phenoxy) is 3. The van der Waals surface area contributed by atoms with Crippen molar-refractivity contribution in [2.45, 2.75) is 50.0 Å². The molecule has 0 saturated heterocycles. The highest BCUT2D eigenvalue weighted by Gasteiger charge is 2.25. The number of hydrogen-bond donors (Lipinski definition) is 1. The molecule has 1 aromatic carbocycles. The van der Waals surface area contributed by atoms with Crippen LogP contribution in [0.2, 0.25) is 0 Å². The lowest BCUT2D eigenvalue weighted by atomic mass is 10.2. The highest BCUT2D eigenvalue weighted by Crippen LogP contribution is 2.36. The number of H-pyrrole nitrogens is 1. The number of rotatable bonds is 10. The molecule has 0 radical (unpaired) electrons. The van der Waals surface area contributed by atoms with Gasteiger partial charge in [0.25, 0.3) is 0 Å². The number of nitrogens with zero attached hydrogens (tertiary/aromatic N) is 2. The normalized spacial score (nSPS) is 16.6. The zero-order valence-electron chi connectivity index (χ0n) is 20.6. The Morgan fingerprint density at radius 3 is 2.69 bits per heavy atom. The van der Waals surface area contributed by atoms with Gasteiger partial charge >= 0.3 is 5.97 Å². The van der Waals surface area contributed by atoms with Crippen molar-refractivity contribution in [1.29, 1.82) is 0 Å². The van der Waals surface area contributed by atoms with E-state index in [2.05, 4.69) is 15.0 Å². The smallest absolute Gasteiger partial charge is 0.306 e. The minimum Gasteiger partial charge on any atom is -0.488 e. The molecule has 3 heterocycles. The van der Waals surface area contributed by atoms with E-state index in [0.29, 0.717) is 36.8 Å². The van der Waals surface area contributed by atoms with E-state index in [1.165, 1.54) is 12.3 Å². The van der Waals surface area contributed by atoms with Gasteiger partial charge in [0.1, 0.15) is 22.3 Å². The number of hydrogen-bond acceptors (Lipinski definition) is 9. The van der Waals surface area contributed by atoms with Crippen molar-refractivity contribution in [3.05, 3.63) is 42.2 Å². The minimum atomic E-state index is -3.39. The average Bonchev–Trinajstić information content (AvgIpc) is 3.46. The minimum absolute atomic E-state index is 0.0157. The fourth-order valence-electron chi connectivity index (χ4n) is 3.61. The van der Waals surface area contributed by atoms with Crippen LogP contribution in [0.5, 0.6) is 17.2 Å². The summed E-state index contributed by atoms with van der Waals surface area (Å²) in [6.45, 7) is 6.76. The second kappa shape index (κ2) is 10.9. The average molecular weight is 532 g/mol. The summed E-state index contributed by atoms with van der Waals surface area (Å²) < 4.78 is 40.6. The third-order valence-corrected chi connectivity index (χ3v) is 7.76. The Morgan fingerprint density at radius 1 is 1.22 bits per heavy atom. The largest absolute Gasteiger partial charge is 0.488 e. The van der Waals surface area contributed by atoms with Crippen LogP contribution >= 0.6 is 11.8 Å². The number of sulfone groups is 1. The zero-order valence-corrected chi connectivity index (χ0v) is 22.2. The molecule has 192 valence electrons. The first-order chi connectivity index (χ1) is 17.2. The quantitative estimate of drug-likeness (QED) is 0.372. The molecule has 3 aromatic rings. The van der Waals surface area contributed by atoms with E-state index in [4.69, 9.17) is 14.2 Å². The SMILES string of the molecule is CCOC(=O)CC1CN=C(c2cc3cc(Oc4ccc(S(C)(=O)=O)nc4)cc(OC(C)CC)c3[nH]2)S1. The first-order valence-corrected chi connectivity index (χ1v) is 14.5. The number of fused-ring (bicyclic) bond motifs is 1. The number of aromatic amines is 1. The Bertz CT molecular complexity index is 1380. The van der Waals surface area contributed by atoms with Gasteiger partial charge in [0, 0.05) is 23.0 Å². The second-order valence-electron chi connectivity index (χ2n) is 8.51. The summed E-state index contributed by atoms with van der Waals surface area (Å²) >= 11 is 1.56. The number of esters is 1. The lowest BCUT2D eigenvalue weighted by Gasteiger charge is -2.15. The predicted octanol–water partition coefficient (Wildman–Crippen LogP) is 4.75. The summed E-state index contributed by atoms with van der Waals surface area (Å²) in [5.41, 5.74) is 1.66. The van der Waals surface area contributed by atoms with Crippen LogP contribution in [-0.4, -0.2) is 60.2 Å². The number of thioether (sulfide) groups is 1. The molecule has 9 nitrogen and oxygen atoms in total. The van der Waals surface area contributed by atoms with E-state index in [1.54, 1.807) is 30.8 Å². The van der Waals surface area contributed by atoms with Gasteiger partial charge in [0.15, 0.2) is 14.9 Å². The van der Waals surface area contributed by atoms with Gasteiger partial charge in [-0.2, -0.15) is 0 Å². The predicted molar refractivity (Wildman–Crippen MR) is 140 cm³/mol. The van der Waals surface area contributed by atoms with Crippen molar-refractivity contribution in [3.8, 4) is 17.2 Å². The van der Waals surface area contributed by atoms with E-state index in [0.717, 1.165) is 34.3 Å². The van der Waals surface area contributed by atoms with Gasteiger partial charge in [-0.15, -0.1) is 0 Å². The molecule has 1 aliphatic heterocycles. The van der Waals surface area contributed by atoms with Crippen LogP contribution < -0.4 is 9.47 Å². The summed E-state index contributed by atoms with van der Waals surface area (Å²) in [7, 11) is -3.39. The molecule has 2 atom stereocenters. The zero-order chi connectivity index (χ0) is 25.9. The highest BCUT2D eigenvalue weighted by molar-refractivity contribution is 8.15. The van der Waals surface area contributed by atoms with Crippen LogP contribution in [0.1, 0.15) is 39.3 Å². The topological polar surface area (TPSA) is 120 Å². The molecule has 0 bridgehead atoms. The van der Waals surface area contributed by atoms with Crippen LogP contribution in [0.15, 0.2) is 46.5 Å². The molecule has 1 N–H and O–H groups in total. The second-order valence-corrected chi connectivity index (χ2v) is 11.8. The lowest BCUT2D eigenvalue weighted by Crippen LogP contribution is -2.14. The fraction of sp³-hybridized carbons (Fsp3) is 0.400. The van der Waals surface area contributed by atoms with Gasteiger partial charge in [0.05, 0.1) is 43.1 Å². The monoisotopic (exact) mass is 531 g/mol. The fourth-order valence-corrected chi connectivity index (χ4v) is 5.24. The number of benzene rings is 1. The summed E-state index contributed by atoms with van der Waals surface area (Å²) in [6, 6.07) is 8.64. The molecule has 4 rings (SSSR count). The number of pyridine rings is 1. The molecule has 0 aliphatic carbocycles. The number of carbonyl (C=O) groups is 1. The molecular weight excluding hydrogens is 502 g/mol. The summed E-state index contributed by atoms with van der Waals surface area (Å²) in [5, 5.41) is 1.73. The first-order valence-electron chi connectivity index (χ1n) is 11.7. The maximum atomic E-state index is 11.9. The van der Waals surface area contributed by atoms with Crippen LogP contribution in [0, 0.1) is 0 Å². The molecule has 0 fully saturated rings. The van der Waals surface area contributed by atoms with Gasteiger partial charge < -0.3 is 19.2 Å². The first kappa shape index (κ1) is 26.0. The number of carbonyl (C=O) groups excluding carboxylic acids is 1. The Morgan fingerprint density at radius 2 is 2.03 bits per heavy atom. The van der Waals surface area contributed by atoms with Crippen LogP contribution in [0.3, 0.4) is 0 Å². The molecule has 0 saturated carbocycles. The molecule has 0 spiro atoms. The van der Waals surface area contributed by atoms with Crippen LogP contribution in [-0.2, 0) is 19.4 Å². The maximum Gasteiger partial charge on any atom is 0.306 e. The van der Waals surface area contributed by atoms with Gasteiger partial charge in [0.2, 0.25) is 0 Å². The number of nitrogens with one attached hydrogen (secondary N) is 1. The van der Waals surface area contributed by atoms with E-state index in [1.807, 2.05) is 26.0 Å². The van der Waals surface area contributed by atoms with E-state index < -0.39 is 9.84 Å². The lowest BCUT2D eigenvalue weighted by molar-refractivity contribution is -0.143. The van der Waals surface area contributed by atoms with E-state index in [9.17, 15) is 13.2 Å². The van der Waals surface area contributed by atoms with E-state index >= 15 is 0 Å². The summed E-state index contributed by atoms with van der Waals surface area (Å²) in [6.07, 6.45) is 3.62. The molecule has 2 unspecified atom stereocenters. The Balaban J connectivity index is 1.60. The number of aliphatic imine (C=N–C) groups is 1. The molecule has 36 heavy (non-hydrogen) atoms. The number of aromatic nitrogens is 2. The molecule has 11 heteroatoms. The van der Waals surface area contributed by atoms with Crippen molar-refractivity contribution >= 4 is 43.5 Å². The van der Waals surface area contributed by atoms with Crippen molar-refractivity contribution in [2.75, 3.05) is 19.4 Å². The highest BCUT2D eigenvalue weighted by atomic mass is 32.2. The van der Waals surface area contributed by atoms with Crippen molar-refractivity contribution in [1.82, 2.24) is 9.97 Å². The molecule has 0 amide bonds. The van der Waals surface area contributed by atoms with Crippen molar-refractivity contribution in [2.24, 2.45) is 4.99 Å². The molecule has 1 aliphatic rings. The third kappa shape index (κ3) is 6.19. The Hall–Kier alpha value is -3.05. The maximum absolute atomic E-state index is 11.9. The summed E-state index contributed by atoms with van der Waals surface area (Å²) in [4.78, 5) is 23.9. The van der Waals surface area contributed by atoms with Crippen LogP contribution in [0.25, 0.3) is 10.9 Å². The molecule has 2 aromatic heterocycles. The van der Waals surface area contributed by atoms with Crippen LogP contribution in [0.4, 0.5) is 0 Å². The van der Waals surface area contributed by atoms with Gasteiger partial charge in [-0.25, -0.2) is 13.4 Å². The van der Waals surface area contributed by atoms with E-state index in [-0.39, 0.29) is 22.3 Å². The standard InChI is InChI=1S/C25H29N3O6S2/c1-5-15(3)33-21-11-18(34-17-7-8-22(26-13-17)36(4,30)31)9-16-10-20(28-24(16)21)25-27-14-19(35-25)12-23(29)32-6-2/h7-11,13,15,19,28H,5-6,12,14H2,1-4H3. The third-order valence-electron chi connectivity index (χ3n) is 5.54. The van der Waals surface area contributed by atoms with Gasteiger partial charge in [-0.1, -0.05) is 18.7 Å². The van der Waals surface area contributed by atoms with Crippen molar-refractivity contribution < 1.29 is 27.4 Å². The van der Waals surface area contributed by atoms with Crippen molar-refractivity contribution in [3.63, 3.8) is 0 Å². The van der Waals surface area contributed by atoms with Gasteiger partial charge in [-0.3, -0.25) is 9.79 Å².